The minimum Gasteiger partial charge on any atom is -0.502 e. The second-order valence-electron chi connectivity index (χ2n) is 1.60. The van der Waals surface area contributed by atoms with Crippen molar-refractivity contribution in [2.24, 2.45) is 0 Å². The number of hydrogen-bond acceptors (Lipinski definition) is 5. The van der Waals surface area contributed by atoms with Crippen LogP contribution in [0.25, 0.3) is 0 Å². The van der Waals surface area contributed by atoms with E-state index in [-0.39, 0.29) is 11.5 Å². The Kier molecular flexibility index (Phi) is 2.13. The fourth-order valence-corrected chi connectivity index (χ4v) is 1.31. The molecule has 0 aliphatic carbocycles. The second kappa shape index (κ2) is 2.89. The van der Waals surface area contributed by atoms with E-state index in [0.717, 1.165) is 0 Å². The van der Waals surface area contributed by atoms with Crippen LogP contribution in [0.4, 0.5) is 5.13 Å². The van der Waals surface area contributed by atoms with E-state index in [0.29, 0.717) is 10.1 Å². The van der Waals surface area contributed by atoms with Gasteiger partial charge in [-0.15, -0.1) is 10.2 Å². The number of rotatable bonds is 2. The van der Waals surface area contributed by atoms with E-state index < -0.39 is 0 Å². The molecule has 10 heavy (non-hydrogen) atoms. The highest BCUT2D eigenvalue weighted by molar-refractivity contribution is 7.80. The number of aliphatic hydroxyl groups is 1. The third kappa shape index (κ3) is 1.89. The third-order valence-corrected chi connectivity index (χ3v) is 1.68. The molecular formula is C4H5N3OS2. The number of nitrogen functional groups attached to an aromatic ring is 1. The lowest BCUT2D eigenvalue weighted by Gasteiger charge is -1.86. The smallest absolute Gasteiger partial charge is 0.203 e. The average Bonchev–Trinajstić information content (AvgIpc) is 2.13. The minimum atomic E-state index is -0.0869. The molecule has 1 heterocycles. The molecule has 1 aromatic heterocycles. The lowest BCUT2D eigenvalue weighted by molar-refractivity contribution is 0.555. The Morgan fingerprint density at radius 3 is 2.80 bits per heavy atom. The van der Waals surface area contributed by atoms with Crippen molar-refractivity contribution in [3.63, 3.8) is 0 Å². The minimum absolute atomic E-state index is 0.0869. The number of hydrogen-bond donors (Lipinski definition) is 2. The first-order chi connectivity index (χ1) is 4.68. The number of aromatic nitrogens is 2. The van der Waals surface area contributed by atoms with Crippen LogP contribution in [0.1, 0.15) is 5.01 Å². The van der Waals surface area contributed by atoms with Gasteiger partial charge in [0.05, 0.1) is 6.42 Å². The molecule has 4 nitrogen and oxygen atoms in total. The van der Waals surface area contributed by atoms with E-state index >= 15 is 0 Å². The molecule has 6 heteroatoms. The summed E-state index contributed by atoms with van der Waals surface area (Å²) in [6.07, 6.45) is 0.268. The van der Waals surface area contributed by atoms with Crippen LogP contribution in [-0.4, -0.2) is 20.4 Å². The average molecular weight is 175 g/mol. The number of nitrogens with zero attached hydrogens (tertiary/aromatic N) is 2. The Hall–Kier alpha value is -0.750. The Balaban J connectivity index is 2.67. The molecule has 0 fully saturated rings. The fourth-order valence-electron chi connectivity index (χ4n) is 0.467. The molecule has 0 aliphatic heterocycles. The predicted octanol–water partition coefficient (Wildman–Crippen LogP) is 0.548. The summed E-state index contributed by atoms with van der Waals surface area (Å²) in [5.74, 6) is 0. The molecule has 1 rings (SSSR count). The molecule has 0 radical (unpaired) electrons. The SMILES string of the molecule is Nc1nnc(CC(O)=S)s1. The van der Waals surface area contributed by atoms with Gasteiger partial charge in [-0.3, -0.25) is 0 Å². The Bertz CT molecular complexity index is 246. The van der Waals surface area contributed by atoms with Crippen LogP contribution in [-0.2, 0) is 6.42 Å². The van der Waals surface area contributed by atoms with Gasteiger partial charge in [0.1, 0.15) is 5.01 Å². The maximum absolute atomic E-state index is 8.64. The van der Waals surface area contributed by atoms with E-state index in [2.05, 4.69) is 22.4 Å². The molecule has 0 bridgehead atoms. The highest BCUT2D eigenvalue weighted by Crippen LogP contribution is 2.11. The zero-order valence-corrected chi connectivity index (χ0v) is 6.58. The van der Waals surface area contributed by atoms with Crippen molar-refractivity contribution in [2.75, 3.05) is 5.73 Å². The van der Waals surface area contributed by atoms with Crippen molar-refractivity contribution in [1.29, 1.82) is 0 Å². The topological polar surface area (TPSA) is 72.0 Å². The first kappa shape index (κ1) is 7.36. The second-order valence-corrected chi connectivity index (χ2v) is 3.17. The van der Waals surface area contributed by atoms with Crippen LogP contribution in [0.5, 0.6) is 0 Å². The summed E-state index contributed by atoms with van der Waals surface area (Å²) in [7, 11) is 0. The van der Waals surface area contributed by atoms with Gasteiger partial charge < -0.3 is 10.8 Å². The maximum Gasteiger partial charge on any atom is 0.203 e. The van der Waals surface area contributed by atoms with Gasteiger partial charge in [0.15, 0.2) is 5.05 Å². The van der Waals surface area contributed by atoms with E-state index in [1.54, 1.807) is 0 Å². The summed E-state index contributed by atoms with van der Waals surface area (Å²) >= 11 is 5.66. The zero-order valence-electron chi connectivity index (χ0n) is 4.94. The van der Waals surface area contributed by atoms with Crippen LogP contribution in [0.15, 0.2) is 0 Å². The predicted molar refractivity (Wildman–Crippen MR) is 43.3 cm³/mol. The number of nitrogens with two attached hydrogens (primary N) is 1. The lowest BCUT2D eigenvalue weighted by Crippen LogP contribution is -1.96. The van der Waals surface area contributed by atoms with Gasteiger partial charge in [0.2, 0.25) is 5.13 Å². The van der Waals surface area contributed by atoms with Gasteiger partial charge in [-0.05, 0) is 12.2 Å². The highest BCUT2D eigenvalue weighted by Gasteiger charge is 2.01. The Labute approximate surface area is 66.7 Å². The Morgan fingerprint density at radius 1 is 1.70 bits per heavy atom. The molecule has 1 aromatic rings. The van der Waals surface area contributed by atoms with Crippen LogP contribution in [0.2, 0.25) is 0 Å². The van der Waals surface area contributed by atoms with Gasteiger partial charge in [0, 0.05) is 0 Å². The maximum atomic E-state index is 8.64. The van der Waals surface area contributed by atoms with Crippen LogP contribution >= 0.6 is 23.6 Å². The lowest BCUT2D eigenvalue weighted by atomic mass is 10.5. The summed E-state index contributed by atoms with van der Waals surface area (Å²) in [5.41, 5.74) is 5.27. The van der Waals surface area contributed by atoms with Crippen LogP contribution in [0.3, 0.4) is 0 Å². The molecule has 0 amide bonds. The third-order valence-electron chi connectivity index (χ3n) is 0.785. The van der Waals surface area contributed by atoms with Crippen molar-refractivity contribution >= 4 is 33.7 Å². The van der Waals surface area contributed by atoms with Crippen LogP contribution in [0, 0.1) is 0 Å². The van der Waals surface area contributed by atoms with Crippen LogP contribution < -0.4 is 5.73 Å². The summed E-state index contributed by atoms with van der Waals surface area (Å²) in [4.78, 5) is 0. The molecule has 54 valence electrons. The van der Waals surface area contributed by atoms with Crippen molar-refractivity contribution in [3.05, 3.63) is 5.01 Å². The fraction of sp³-hybridized carbons (Fsp3) is 0.250. The first-order valence-corrected chi connectivity index (χ1v) is 3.70. The first-order valence-electron chi connectivity index (χ1n) is 2.48. The summed E-state index contributed by atoms with van der Waals surface area (Å²) < 4.78 is 0. The van der Waals surface area contributed by atoms with E-state index in [1.807, 2.05) is 0 Å². The molecule has 0 unspecified atom stereocenters. The molecule has 0 spiro atoms. The molecular weight excluding hydrogens is 170 g/mol. The van der Waals surface area contributed by atoms with E-state index in [1.165, 1.54) is 11.3 Å². The van der Waals surface area contributed by atoms with Gasteiger partial charge in [0.25, 0.3) is 0 Å². The van der Waals surface area contributed by atoms with E-state index in [4.69, 9.17) is 10.8 Å². The molecule has 0 atom stereocenters. The summed E-state index contributed by atoms with van der Waals surface area (Å²) in [5, 5.41) is 16.8. The molecule has 3 N–H and O–H groups in total. The highest BCUT2D eigenvalue weighted by atomic mass is 32.1. The van der Waals surface area contributed by atoms with Gasteiger partial charge in [-0.1, -0.05) is 11.3 Å². The Morgan fingerprint density at radius 2 is 2.40 bits per heavy atom. The van der Waals surface area contributed by atoms with Crippen molar-refractivity contribution in [2.45, 2.75) is 6.42 Å². The van der Waals surface area contributed by atoms with Crippen molar-refractivity contribution in [3.8, 4) is 0 Å². The zero-order chi connectivity index (χ0) is 7.56. The monoisotopic (exact) mass is 175 g/mol. The number of anilines is 1. The van der Waals surface area contributed by atoms with Crippen molar-refractivity contribution in [1.82, 2.24) is 10.2 Å². The quantitative estimate of drug-likeness (QED) is 0.642. The van der Waals surface area contributed by atoms with Gasteiger partial charge in [-0.25, -0.2) is 0 Å². The standard InChI is InChI=1S/C4H5N3OS2/c5-4-7-6-2(10-4)1-3(8)9/h1H2,(H2,5,7)(H,8,9). The molecule has 0 saturated heterocycles. The van der Waals surface area contributed by atoms with Gasteiger partial charge in [-0.2, -0.15) is 0 Å². The summed E-state index contributed by atoms with van der Waals surface area (Å²) in [6.45, 7) is 0. The van der Waals surface area contributed by atoms with Gasteiger partial charge >= 0.3 is 0 Å². The summed E-state index contributed by atoms with van der Waals surface area (Å²) in [6, 6.07) is 0. The largest absolute Gasteiger partial charge is 0.502 e. The molecule has 0 aliphatic rings. The molecule has 0 aromatic carbocycles. The normalized spacial score (nSPS) is 9.60. The van der Waals surface area contributed by atoms with E-state index in [9.17, 15) is 0 Å². The van der Waals surface area contributed by atoms with Crippen molar-refractivity contribution < 1.29 is 5.11 Å². The number of thiocarbonyl (C=S) groups is 1. The molecule has 0 saturated carbocycles. The number of aliphatic hydroxyl groups excluding tert-OH is 1.